The van der Waals surface area contributed by atoms with Crippen LogP contribution >= 0.6 is 0 Å². The number of rotatable bonds is 9. The van der Waals surface area contributed by atoms with Crippen molar-refractivity contribution in [2.75, 3.05) is 60.6 Å². The molecule has 1 aliphatic rings. The van der Waals surface area contributed by atoms with Crippen molar-refractivity contribution in [3.05, 3.63) is 48.0 Å². The quantitative estimate of drug-likeness (QED) is 0.601. The van der Waals surface area contributed by atoms with E-state index in [-0.39, 0.29) is 10.8 Å². The molecule has 1 amide bonds. The van der Waals surface area contributed by atoms with Gasteiger partial charge in [0.1, 0.15) is 5.75 Å². The number of nitrogens with zero attached hydrogens (tertiary/aromatic N) is 2. The second-order valence-corrected chi connectivity index (χ2v) is 9.16. The molecular weight excluding hydrogens is 434 g/mol. The highest BCUT2D eigenvalue weighted by Gasteiger charge is 2.28. The van der Waals surface area contributed by atoms with Crippen LogP contribution < -0.4 is 19.5 Å². The standard InChI is InChI=1S/C22H29N3O6S/c1-29-17-7-9-18(10-8-17)32(27,28)25-15-13-24(14-16-25)12-11-23-22(26)19-5-4-6-20(30-2)21(19)31-3/h4-10H,11-16H2,1-3H3,(H,23,26). The first-order chi connectivity index (χ1) is 15.4. The molecule has 0 radical (unpaired) electrons. The van der Waals surface area contributed by atoms with Crippen molar-refractivity contribution >= 4 is 15.9 Å². The number of piperazine rings is 1. The fourth-order valence-electron chi connectivity index (χ4n) is 3.58. The molecule has 1 N–H and O–H groups in total. The molecule has 174 valence electrons. The molecule has 1 aliphatic heterocycles. The maximum atomic E-state index is 12.9. The van der Waals surface area contributed by atoms with Gasteiger partial charge in [0.2, 0.25) is 10.0 Å². The number of para-hydroxylation sites is 1. The molecule has 1 heterocycles. The maximum absolute atomic E-state index is 12.9. The summed E-state index contributed by atoms with van der Waals surface area (Å²) in [6.07, 6.45) is 0. The first kappa shape index (κ1) is 23.8. The van der Waals surface area contributed by atoms with Gasteiger partial charge in [-0.05, 0) is 36.4 Å². The van der Waals surface area contributed by atoms with Crippen molar-refractivity contribution in [2.24, 2.45) is 0 Å². The van der Waals surface area contributed by atoms with Gasteiger partial charge in [0.05, 0.1) is 31.8 Å². The van der Waals surface area contributed by atoms with Gasteiger partial charge in [-0.3, -0.25) is 9.69 Å². The Balaban J connectivity index is 1.50. The Morgan fingerprint density at radius 2 is 1.62 bits per heavy atom. The highest BCUT2D eigenvalue weighted by atomic mass is 32.2. The van der Waals surface area contributed by atoms with Crippen LogP contribution in [0.2, 0.25) is 0 Å². The van der Waals surface area contributed by atoms with Crippen molar-refractivity contribution in [1.82, 2.24) is 14.5 Å². The van der Waals surface area contributed by atoms with Gasteiger partial charge in [0.25, 0.3) is 5.91 Å². The van der Waals surface area contributed by atoms with Crippen LogP contribution in [0.3, 0.4) is 0 Å². The molecule has 0 saturated carbocycles. The summed E-state index contributed by atoms with van der Waals surface area (Å²) in [6, 6.07) is 11.5. The third-order valence-corrected chi connectivity index (χ3v) is 7.30. The van der Waals surface area contributed by atoms with Gasteiger partial charge in [-0.15, -0.1) is 0 Å². The first-order valence-corrected chi connectivity index (χ1v) is 11.7. The largest absolute Gasteiger partial charge is 0.497 e. The third kappa shape index (κ3) is 5.32. The van der Waals surface area contributed by atoms with Crippen molar-refractivity contribution in [3.63, 3.8) is 0 Å². The normalized spacial score (nSPS) is 15.2. The first-order valence-electron chi connectivity index (χ1n) is 10.3. The highest BCUT2D eigenvalue weighted by molar-refractivity contribution is 7.89. The predicted octanol–water partition coefficient (Wildman–Crippen LogP) is 1.45. The molecule has 0 aromatic heterocycles. The van der Waals surface area contributed by atoms with E-state index in [1.807, 2.05) is 0 Å². The lowest BCUT2D eigenvalue weighted by Crippen LogP contribution is -2.50. The zero-order valence-corrected chi connectivity index (χ0v) is 19.4. The second-order valence-electron chi connectivity index (χ2n) is 7.22. The van der Waals surface area contributed by atoms with E-state index < -0.39 is 10.0 Å². The van der Waals surface area contributed by atoms with E-state index in [0.717, 1.165) is 0 Å². The van der Waals surface area contributed by atoms with Gasteiger partial charge in [-0.2, -0.15) is 4.31 Å². The molecule has 10 heteroatoms. The minimum Gasteiger partial charge on any atom is -0.497 e. The molecule has 2 aromatic carbocycles. The minimum atomic E-state index is -3.54. The van der Waals surface area contributed by atoms with Crippen LogP contribution in [0.25, 0.3) is 0 Å². The maximum Gasteiger partial charge on any atom is 0.255 e. The molecule has 2 aromatic rings. The van der Waals surface area contributed by atoms with Gasteiger partial charge >= 0.3 is 0 Å². The molecule has 0 spiro atoms. The van der Waals surface area contributed by atoms with Crippen molar-refractivity contribution < 1.29 is 27.4 Å². The van der Waals surface area contributed by atoms with Gasteiger partial charge in [-0.25, -0.2) is 8.42 Å². The van der Waals surface area contributed by atoms with E-state index >= 15 is 0 Å². The molecular formula is C22H29N3O6S. The molecule has 1 saturated heterocycles. The third-order valence-electron chi connectivity index (χ3n) is 5.39. The van der Waals surface area contributed by atoms with Gasteiger partial charge in [0, 0.05) is 39.3 Å². The van der Waals surface area contributed by atoms with Crippen LogP contribution in [0.1, 0.15) is 10.4 Å². The zero-order valence-electron chi connectivity index (χ0n) is 18.5. The number of hydrogen-bond donors (Lipinski definition) is 1. The number of carbonyl (C=O) groups is 1. The van der Waals surface area contributed by atoms with E-state index in [0.29, 0.717) is 62.1 Å². The molecule has 1 fully saturated rings. The van der Waals surface area contributed by atoms with Gasteiger partial charge in [0.15, 0.2) is 11.5 Å². The Morgan fingerprint density at radius 1 is 0.938 bits per heavy atom. The fourth-order valence-corrected chi connectivity index (χ4v) is 5.00. The minimum absolute atomic E-state index is 0.249. The van der Waals surface area contributed by atoms with Crippen LogP contribution in [-0.2, 0) is 10.0 Å². The van der Waals surface area contributed by atoms with Gasteiger partial charge < -0.3 is 19.5 Å². The fraction of sp³-hybridized carbons (Fsp3) is 0.409. The van der Waals surface area contributed by atoms with E-state index in [1.54, 1.807) is 49.6 Å². The lowest BCUT2D eigenvalue weighted by Gasteiger charge is -2.34. The molecule has 0 aliphatic carbocycles. The van der Waals surface area contributed by atoms with Crippen LogP contribution in [-0.4, -0.2) is 84.1 Å². The van der Waals surface area contributed by atoms with Crippen LogP contribution in [0.5, 0.6) is 17.2 Å². The second kappa shape index (κ2) is 10.7. The number of hydrogen-bond acceptors (Lipinski definition) is 7. The molecule has 32 heavy (non-hydrogen) atoms. The Bertz CT molecular complexity index is 1020. The summed E-state index contributed by atoms with van der Waals surface area (Å²) >= 11 is 0. The van der Waals surface area contributed by atoms with Crippen molar-refractivity contribution in [3.8, 4) is 17.2 Å². The predicted molar refractivity (Wildman–Crippen MR) is 120 cm³/mol. The lowest BCUT2D eigenvalue weighted by atomic mass is 10.1. The SMILES string of the molecule is COc1ccc(S(=O)(=O)N2CCN(CCNC(=O)c3cccc(OC)c3OC)CC2)cc1. The Hall–Kier alpha value is -2.82. The average Bonchev–Trinajstić information content (AvgIpc) is 2.83. The van der Waals surface area contributed by atoms with E-state index in [4.69, 9.17) is 14.2 Å². The summed E-state index contributed by atoms with van der Waals surface area (Å²) in [5, 5.41) is 2.89. The number of amides is 1. The average molecular weight is 464 g/mol. The molecule has 0 atom stereocenters. The molecule has 9 nitrogen and oxygen atoms in total. The number of carbonyl (C=O) groups excluding carboxylic acids is 1. The zero-order chi connectivity index (χ0) is 23.1. The topological polar surface area (TPSA) is 97.4 Å². The van der Waals surface area contributed by atoms with E-state index in [2.05, 4.69) is 10.2 Å². The number of benzene rings is 2. The summed E-state index contributed by atoms with van der Waals surface area (Å²) < 4.78 is 42.8. The lowest BCUT2D eigenvalue weighted by molar-refractivity contribution is 0.0941. The molecule has 0 bridgehead atoms. The number of ether oxygens (including phenoxy) is 3. The summed E-state index contributed by atoms with van der Waals surface area (Å²) in [7, 11) is 1.02. The number of nitrogens with one attached hydrogen (secondary N) is 1. The number of methoxy groups -OCH3 is 3. The summed E-state index contributed by atoms with van der Waals surface area (Å²) in [5.74, 6) is 1.25. The molecule has 0 unspecified atom stereocenters. The van der Waals surface area contributed by atoms with Crippen molar-refractivity contribution in [1.29, 1.82) is 0 Å². The monoisotopic (exact) mass is 463 g/mol. The van der Waals surface area contributed by atoms with E-state index in [9.17, 15) is 13.2 Å². The Labute approximate surface area is 188 Å². The van der Waals surface area contributed by atoms with Crippen LogP contribution in [0, 0.1) is 0 Å². The number of sulfonamides is 1. The molecule has 3 rings (SSSR count). The Kier molecular flexibility index (Phi) is 7.94. The van der Waals surface area contributed by atoms with E-state index in [1.165, 1.54) is 18.5 Å². The smallest absolute Gasteiger partial charge is 0.255 e. The van der Waals surface area contributed by atoms with Crippen LogP contribution in [0.4, 0.5) is 0 Å². The van der Waals surface area contributed by atoms with Gasteiger partial charge in [-0.1, -0.05) is 6.07 Å². The Morgan fingerprint density at radius 3 is 2.22 bits per heavy atom. The highest BCUT2D eigenvalue weighted by Crippen LogP contribution is 2.30. The summed E-state index contributed by atoms with van der Waals surface area (Å²) in [5.41, 5.74) is 0.405. The van der Waals surface area contributed by atoms with Crippen molar-refractivity contribution in [2.45, 2.75) is 4.90 Å². The van der Waals surface area contributed by atoms with Crippen LogP contribution in [0.15, 0.2) is 47.4 Å². The summed E-state index contributed by atoms with van der Waals surface area (Å²) in [6.45, 7) is 3.03. The summed E-state index contributed by atoms with van der Waals surface area (Å²) in [4.78, 5) is 14.9.